The standard InChI is InChI=1S/C8H14O3/c1-5-7(10)6(9)4-8(2,3)11-5/h5,7,10H,4H2,1-3H3/t5?,7-/m1/s1. The third kappa shape index (κ3) is 1.79. The van der Waals surface area contributed by atoms with Gasteiger partial charge in [0.1, 0.15) is 6.10 Å². The van der Waals surface area contributed by atoms with Crippen LogP contribution in [0.2, 0.25) is 0 Å². The van der Waals surface area contributed by atoms with Crippen molar-refractivity contribution < 1.29 is 14.6 Å². The van der Waals surface area contributed by atoms with Gasteiger partial charge in [-0.1, -0.05) is 0 Å². The minimum atomic E-state index is -0.928. The van der Waals surface area contributed by atoms with Gasteiger partial charge in [0, 0.05) is 6.42 Å². The first-order chi connectivity index (χ1) is 4.92. The van der Waals surface area contributed by atoms with Gasteiger partial charge < -0.3 is 9.84 Å². The van der Waals surface area contributed by atoms with Gasteiger partial charge in [-0.3, -0.25) is 4.79 Å². The van der Waals surface area contributed by atoms with Gasteiger partial charge in [0.25, 0.3) is 0 Å². The van der Waals surface area contributed by atoms with Crippen LogP contribution in [0.15, 0.2) is 0 Å². The largest absolute Gasteiger partial charge is 0.383 e. The molecule has 1 fully saturated rings. The molecule has 1 unspecified atom stereocenters. The Morgan fingerprint density at radius 2 is 2.18 bits per heavy atom. The molecule has 0 aromatic rings. The van der Waals surface area contributed by atoms with Gasteiger partial charge in [0.2, 0.25) is 0 Å². The Morgan fingerprint density at radius 3 is 2.64 bits per heavy atom. The summed E-state index contributed by atoms with van der Waals surface area (Å²) in [5.41, 5.74) is -0.407. The van der Waals surface area contributed by atoms with Crippen LogP contribution >= 0.6 is 0 Å². The summed E-state index contributed by atoms with van der Waals surface area (Å²) in [5, 5.41) is 9.20. The summed E-state index contributed by atoms with van der Waals surface area (Å²) >= 11 is 0. The van der Waals surface area contributed by atoms with E-state index in [1.165, 1.54) is 0 Å². The van der Waals surface area contributed by atoms with E-state index in [9.17, 15) is 9.90 Å². The maximum atomic E-state index is 11.1. The van der Waals surface area contributed by atoms with Crippen LogP contribution in [0.4, 0.5) is 0 Å². The van der Waals surface area contributed by atoms with Crippen molar-refractivity contribution >= 4 is 5.78 Å². The van der Waals surface area contributed by atoms with Crippen LogP contribution in [-0.2, 0) is 9.53 Å². The summed E-state index contributed by atoms with van der Waals surface area (Å²) in [6, 6.07) is 0. The Labute approximate surface area is 66.4 Å². The molecule has 0 spiro atoms. The Balaban J connectivity index is 2.70. The lowest BCUT2D eigenvalue weighted by Crippen LogP contribution is -2.48. The molecule has 3 heteroatoms. The number of rotatable bonds is 0. The predicted molar refractivity (Wildman–Crippen MR) is 40.3 cm³/mol. The summed E-state index contributed by atoms with van der Waals surface area (Å²) in [6.07, 6.45) is -0.993. The fraction of sp³-hybridized carbons (Fsp3) is 0.875. The van der Waals surface area contributed by atoms with E-state index in [4.69, 9.17) is 4.74 Å². The van der Waals surface area contributed by atoms with Crippen LogP contribution < -0.4 is 0 Å². The van der Waals surface area contributed by atoms with Crippen molar-refractivity contribution in [3.8, 4) is 0 Å². The molecule has 1 N–H and O–H groups in total. The summed E-state index contributed by atoms with van der Waals surface area (Å²) in [6.45, 7) is 5.42. The highest BCUT2D eigenvalue weighted by atomic mass is 16.5. The van der Waals surface area contributed by atoms with Crippen LogP contribution in [0, 0.1) is 0 Å². The lowest BCUT2D eigenvalue weighted by molar-refractivity contribution is -0.170. The van der Waals surface area contributed by atoms with Gasteiger partial charge in [-0.15, -0.1) is 0 Å². The SMILES string of the molecule is CC1OC(C)(C)CC(=O)[C@@H]1O. The third-order valence-electron chi connectivity index (χ3n) is 1.88. The lowest BCUT2D eigenvalue weighted by Gasteiger charge is -2.36. The van der Waals surface area contributed by atoms with Gasteiger partial charge in [-0.2, -0.15) is 0 Å². The fourth-order valence-corrected chi connectivity index (χ4v) is 1.40. The minimum absolute atomic E-state index is 0.117. The summed E-state index contributed by atoms with van der Waals surface area (Å²) in [7, 11) is 0. The van der Waals surface area contributed by atoms with Crippen molar-refractivity contribution in [3.63, 3.8) is 0 Å². The van der Waals surface area contributed by atoms with Gasteiger partial charge in [0.05, 0.1) is 11.7 Å². The summed E-state index contributed by atoms with van der Waals surface area (Å²) in [5.74, 6) is -0.117. The molecule has 0 aromatic heterocycles. The zero-order chi connectivity index (χ0) is 8.65. The van der Waals surface area contributed by atoms with Crippen LogP contribution in [0.1, 0.15) is 27.2 Å². The molecule has 0 radical (unpaired) electrons. The highest BCUT2D eigenvalue weighted by Crippen LogP contribution is 2.25. The van der Waals surface area contributed by atoms with Crippen molar-refractivity contribution in [2.75, 3.05) is 0 Å². The smallest absolute Gasteiger partial charge is 0.166 e. The Bertz CT molecular complexity index is 174. The van der Waals surface area contributed by atoms with Crippen LogP contribution in [0.3, 0.4) is 0 Å². The summed E-state index contributed by atoms with van der Waals surface area (Å²) in [4.78, 5) is 11.1. The molecule has 0 aromatic carbocycles. The first kappa shape index (κ1) is 8.68. The van der Waals surface area contributed by atoms with Crippen molar-refractivity contribution in [2.24, 2.45) is 0 Å². The number of ether oxygens (including phenoxy) is 1. The van der Waals surface area contributed by atoms with Crippen LogP contribution in [0.25, 0.3) is 0 Å². The van der Waals surface area contributed by atoms with Crippen LogP contribution in [-0.4, -0.2) is 28.7 Å². The van der Waals surface area contributed by atoms with E-state index in [2.05, 4.69) is 0 Å². The monoisotopic (exact) mass is 158 g/mol. The zero-order valence-corrected chi connectivity index (χ0v) is 7.13. The topological polar surface area (TPSA) is 46.5 Å². The molecule has 0 aliphatic carbocycles. The average molecular weight is 158 g/mol. The second kappa shape index (κ2) is 2.57. The molecule has 0 amide bonds. The maximum absolute atomic E-state index is 11.1. The fourth-order valence-electron chi connectivity index (χ4n) is 1.40. The van der Waals surface area contributed by atoms with Gasteiger partial charge in [-0.25, -0.2) is 0 Å². The van der Waals surface area contributed by atoms with E-state index < -0.39 is 11.7 Å². The Hall–Kier alpha value is -0.410. The molecule has 1 heterocycles. The quantitative estimate of drug-likeness (QED) is 0.558. The maximum Gasteiger partial charge on any atom is 0.166 e. The number of carbonyl (C=O) groups is 1. The number of aliphatic hydroxyl groups excluding tert-OH is 1. The Morgan fingerprint density at radius 1 is 1.64 bits per heavy atom. The zero-order valence-electron chi connectivity index (χ0n) is 7.13. The molecule has 2 atom stereocenters. The average Bonchev–Trinajstić information content (AvgIpc) is 1.81. The molecule has 1 aliphatic heterocycles. The molecule has 1 saturated heterocycles. The number of ketones is 1. The minimum Gasteiger partial charge on any atom is -0.383 e. The molecule has 11 heavy (non-hydrogen) atoms. The molecule has 0 bridgehead atoms. The molecular formula is C8H14O3. The molecule has 0 saturated carbocycles. The Kier molecular flexibility index (Phi) is 2.03. The number of hydrogen-bond acceptors (Lipinski definition) is 3. The van der Waals surface area contributed by atoms with E-state index in [1.807, 2.05) is 13.8 Å². The number of aliphatic hydroxyl groups is 1. The lowest BCUT2D eigenvalue weighted by atomic mass is 9.92. The van der Waals surface area contributed by atoms with Gasteiger partial charge in [-0.05, 0) is 20.8 Å². The molecule has 3 nitrogen and oxygen atoms in total. The van der Waals surface area contributed by atoms with E-state index in [1.54, 1.807) is 6.92 Å². The van der Waals surface area contributed by atoms with E-state index in [0.29, 0.717) is 6.42 Å². The van der Waals surface area contributed by atoms with Crippen molar-refractivity contribution in [3.05, 3.63) is 0 Å². The second-order valence-electron chi connectivity index (χ2n) is 3.67. The first-order valence-electron chi connectivity index (χ1n) is 3.81. The van der Waals surface area contributed by atoms with Crippen molar-refractivity contribution in [2.45, 2.75) is 45.0 Å². The molecule has 1 aliphatic rings. The highest BCUT2D eigenvalue weighted by Gasteiger charge is 2.37. The van der Waals surface area contributed by atoms with E-state index in [0.717, 1.165) is 0 Å². The number of carbonyl (C=O) groups excluding carboxylic acids is 1. The van der Waals surface area contributed by atoms with Crippen LogP contribution in [0.5, 0.6) is 0 Å². The second-order valence-corrected chi connectivity index (χ2v) is 3.67. The van der Waals surface area contributed by atoms with E-state index >= 15 is 0 Å². The van der Waals surface area contributed by atoms with Gasteiger partial charge in [0.15, 0.2) is 5.78 Å². The third-order valence-corrected chi connectivity index (χ3v) is 1.88. The van der Waals surface area contributed by atoms with Crippen molar-refractivity contribution in [1.29, 1.82) is 0 Å². The molecular weight excluding hydrogens is 144 g/mol. The predicted octanol–water partition coefficient (Wildman–Crippen LogP) is 0.504. The van der Waals surface area contributed by atoms with Gasteiger partial charge >= 0.3 is 0 Å². The van der Waals surface area contributed by atoms with E-state index in [-0.39, 0.29) is 11.9 Å². The summed E-state index contributed by atoms with van der Waals surface area (Å²) < 4.78 is 5.39. The first-order valence-corrected chi connectivity index (χ1v) is 3.81. The highest BCUT2D eigenvalue weighted by molar-refractivity contribution is 5.84. The van der Waals surface area contributed by atoms with Crippen molar-refractivity contribution in [1.82, 2.24) is 0 Å². The molecule has 64 valence electrons. The number of hydrogen-bond donors (Lipinski definition) is 1. The molecule has 1 rings (SSSR count). The normalized spacial score (nSPS) is 37.3. The number of Topliss-reactive ketones (excluding diaryl/α,β-unsaturated/α-hetero) is 1.